The molecule has 1 N–H and O–H groups in total. The van der Waals surface area contributed by atoms with Crippen molar-refractivity contribution in [3.05, 3.63) is 107 Å². The number of hydrogen-bond donors (Lipinski definition) is 1. The van der Waals surface area contributed by atoms with Gasteiger partial charge in [-0.15, -0.1) is 0 Å². The molecule has 6 nitrogen and oxygen atoms in total. The van der Waals surface area contributed by atoms with E-state index in [1.54, 1.807) is 49.1 Å². The van der Waals surface area contributed by atoms with Gasteiger partial charge in [0.2, 0.25) is 0 Å². The number of hydrogen-bond acceptors (Lipinski definition) is 3. The number of benzene rings is 3. The van der Waals surface area contributed by atoms with Crippen molar-refractivity contribution in [2.75, 3.05) is 14.1 Å². The highest BCUT2D eigenvalue weighted by molar-refractivity contribution is 6.30. The number of nitrogens with one attached hydrogen (secondary N) is 1. The minimum atomic E-state index is -0.250. The lowest BCUT2D eigenvalue weighted by molar-refractivity contribution is 0.0827. The van der Waals surface area contributed by atoms with E-state index < -0.39 is 0 Å². The average Bonchev–Trinajstić information content (AvgIpc) is 3.29. The van der Waals surface area contributed by atoms with Crippen molar-refractivity contribution in [2.24, 2.45) is 0 Å². The topological polar surface area (TPSA) is 67.2 Å². The van der Waals surface area contributed by atoms with Crippen LogP contribution in [-0.2, 0) is 6.54 Å². The molecule has 0 bridgehead atoms. The van der Waals surface area contributed by atoms with Crippen LogP contribution in [0.4, 0.5) is 0 Å². The lowest BCUT2D eigenvalue weighted by atomic mass is 10.1. The lowest BCUT2D eigenvalue weighted by Crippen LogP contribution is -2.25. The van der Waals surface area contributed by atoms with Crippen LogP contribution < -0.4 is 5.32 Å². The molecule has 0 spiro atoms. The fraction of sp³-hybridized carbons (Fsp3) is 0.115. The zero-order valence-corrected chi connectivity index (χ0v) is 19.1. The standard InChI is InChI=1S/C26H23ClN4O2/c1-30(2)26(33)20-10-8-18(9-11-20)17-28-25(32)24-16-23(19-12-14-21(27)15-13-19)29-31(24)22-6-4-3-5-7-22/h3-16H,17H2,1-2H3,(H,28,32). The maximum Gasteiger partial charge on any atom is 0.270 e. The summed E-state index contributed by atoms with van der Waals surface area (Å²) in [4.78, 5) is 26.7. The number of nitrogens with zero attached hydrogens (tertiary/aromatic N) is 3. The molecule has 0 fully saturated rings. The molecule has 0 aliphatic heterocycles. The van der Waals surface area contributed by atoms with Gasteiger partial charge in [0.1, 0.15) is 5.69 Å². The first-order valence-electron chi connectivity index (χ1n) is 10.4. The molecule has 3 aromatic carbocycles. The molecule has 0 aliphatic rings. The zero-order valence-electron chi connectivity index (χ0n) is 18.3. The average molecular weight is 459 g/mol. The first-order chi connectivity index (χ1) is 15.9. The summed E-state index contributed by atoms with van der Waals surface area (Å²) >= 11 is 6.01. The van der Waals surface area contributed by atoms with Gasteiger partial charge in [0.25, 0.3) is 11.8 Å². The fourth-order valence-corrected chi connectivity index (χ4v) is 3.49. The molecule has 0 atom stereocenters. The second kappa shape index (κ2) is 9.71. The summed E-state index contributed by atoms with van der Waals surface area (Å²) in [5.74, 6) is -0.313. The maximum atomic E-state index is 13.1. The van der Waals surface area contributed by atoms with Crippen molar-refractivity contribution in [3.8, 4) is 16.9 Å². The van der Waals surface area contributed by atoms with Gasteiger partial charge in [-0.05, 0) is 48.0 Å². The Hall–Kier alpha value is -3.90. The molecule has 0 radical (unpaired) electrons. The van der Waals surface area contributed by atoms with E-state index in [9.17, 15) is 9.59 Å². The minimum Gasteiger partial charge on any atom is -0.347 e. The third kappa shape index (κ3) is 5.13. The van der Waals surface area contributed by atoms with Crippen LogP contribution >= 0.6 is 11.6 Å². The summed E-state index contributed by atoms with van der Waals surface area (Å²) in [5.41, 5.74) is 4.24. The number of amides is 2. The molecule has 166 valence electrons. The van der Waals surface area contributed by atoms with E-state index >= 15 is 0 Å². The SMILES string of the molecule is CN(C)C(=O)c1ccc(CNC(=O)c2cc(-c3ccc(Cl)cc3)nn2-c2ccccc2)cc1. The second-order valence-corrected chi connectivity index (χ2v) is 8.18. The van der Waals surface area contributed by atoms with Crippen molar-refractivity contribution in [3.63, 3.8) is 0 Å². The molecule has 1 aromatic heterocycles. The Labute approximate surface area is 197 Å². The summed E-state index contributed by atoms with van der Waals surface area (Å²) in [7, 11) is 3.43. The Morgan fingerprint density at radius 1 is 0.939 bits per heavy atom. The molecule has 4 rings (SSSR count). The smallest absolute Gasteiger partial charge is 0.270 e. The van der Waals surface area contributed by atoms with Gasteiger partial charge in [-0.25, -0.2) is 4.68 Å². The Balaban J connectivity index is 1.57. The molecule has 0 aliphatic carbocycles. The van der Waals surface area contributed by atoms with E-state index in [0.29, 0.717) is 28.5 Å². The summed E-state index contributed by atoms with van der Waals surface area (Å²) in [6.45, 7) is 0.325. The van der Waals surface area contributed by atoms with E-state index in [0.717, 1.165) is 16.8 Å². The molecular formula is C26H23ClN4O2. The quantitative estimate of drug-likeness (QED) is 0.450. The number of carbonyl (C=O) groups is 2. The molecule has 0 saturated heterocycles. The molecule has 0 unspecified atom stereocenters. The van der Waals surface area contributed by atoms with Crippen LogP contribution in [0.2, 0.25) is 5.02 Å². The van der Waals surface area contributed by atoms with Crippen molar-refractivity contribution in [1.82, 2.24) is 20.0 Å². The third-order valence-corrected chi connectivity index (χ3v) is 5.39. The Kier molecular flexibility index (Phi) is 6.56. The number of aromatic nitrogens is 2. The van der Waals surface area contributed by atoms with Gasteiger partial charge in [0.15, 0.2) is 0 Å². The molecule has 0 saturated carbocycles. The Morgan fingerprint density at radius 3 is 2.24 bits per heavy atom. The van der Waals surface area contributed by atoms with Crippen LogP contribution in [0.15, 0.2) is 84.9 Å². The number of halogens is 1. The van der Waals surface area contributed by atoms with Gasteiger partial charge in [-0.1, -0.05) is 54.1 Å². The van der Waals surface area contributed by atoms with Crippen molar-refractivity contribution < 1.29 is 9.59 Å². The highest BCUT2D eigenvalue weighted by Gasteiger charge is 2.18. The van der Waals surface area contributed by atoms with Gasteiger partial charge in [0, 0.05) is 36.8 Å². The summed E-state index contributed by atoms with van der Waals surface area (Å²) in [6.07, 6.45) is 0. The fourth-order valence-electron chi connectivity index (χ4n) is 3.37. The van der Waals surface area contributed by atoms with Gasteiger partial charge in [-0.2, -0.15) is 5.10 Å². The predicted octanol–water partition coefficient (Wildman–Crippen LogP) is 4.82. The minimum absolute atomic E-state index is 0.0629. The van der Waals surface area contributed by atoms with E-state index in [4.69, 9.17) is 11.6 Å². The van der Waals surface area contributed by atoms with Crippen LogP contribution in [0.1, 0.15) is 26.4 Å². The van der Waals surface area contributed by atoms with Gasteiger partial charge in [-0.3, -0.25) is 9.59 Å². The van der Waals surface area contributed by atoms with E-state index in [1.807, 2.05) is 54.6 Å². The van der Waals surface area contributed by atoms with Crippen molar-refractivity contribution >= 4 is 23.4 Å². The molecule has 1 heterocycles. The van der Waals surface area contributed by atoms with Gasteiger partial charge >= 0.3 is 0 Å². The Bertz CT molecular complexity index is 1260. The second-order valence-electron chi connectivity index (χ2n) is 7.75. The molecule has 4 aromatic rings. The first kappa shape index (κ1) is 22.3. The maximum absolute atomic E-state index is 13.1. The van der Waals surface area contributed by atoms with Crippen LogP contribution in [-0.4, -0.2) is 40.6 Å². The molecule has 33 heavy (non-hydrogen) atoms. The number of para-hydroxylation sites is 1. The number of carbonyl (C=O) groups excluding carboxylic acids is 2. The van der Waals surface area contributed by atoms with Crippen LogP contribution in [0, 0.1) is 0 Å². The largest absolute Gasteiger partial charge is 0.347 e. The summed E-state index contributed by atoms with van der Waals surface area (Å²) in [6, 6.07) is 25.8. The monoisotopic (exact) mass is 458 g/mol. The van der Waals surface area contributed by atoms with Crippen molar-refractivity contribution in [2.45, 2.75) is 6.54 Å². The summed E-state index contributed by atoms with van der Waals surface area (Å²) in [5, 5.41) is 8.27. The molecule has 7 heteroatoms. The van der Waals surface area contributed by atoms with E-state index in [2.05, 4.69) is 10.4 Å². The third-order valence-electron chi connectivity index (χ3n) is 5.14. The highest BCUT2D eigenvalue weighted by atomic mass is 35.5. The predicted molar refractivity (Wildman–Crippen MR) is 130 cm³/mol. The Morgan fingerprint density at radius 2 is 1.61 bits per heavy atom. The van der Waals surface area contributed by atoms with E-state index in [-0.39, 0.29) is 11.8 Å². The summed E-state index contributed by atoms with van der Waals surface area (Å²) < 4.78 is 1.64. The molecule has 2 amide bonds. The van der Waals surface area contributed by atoms with Crippen LogP contribution in [0.25, 0.3) is 16.9 Å². The number of rotatable bonds is 6. The lowest BCUT2D eigenvalue weighted by Gasteiger charge is -2.11. The highest BCUT2D eigenvalue weighted by Crippen LogP contribution is 2.23. The first-order valence-corrected chi connectivity index (χ1v) is 10.8. The van der Waals surface area contributed by atoms with Crippen LogP contribution in [0.5, 0.6) is 0 Å². The van der Waals surface area contributed by atoms with Gasteiger partial charge in [0.05, 0.1) is 11.4 Å². The van der Waals surface area contributed by atoms with Gasteiger partial charge < -0.3 is 10.2 Å². The van der Waals surface area contributed by atoms with E-state index in [1.165, 1.54) is 4.90 Å². The normalized spacial score (nSPS) is 10.6. The van der Waals surface area contributed by atoms with Crippen LogP contribution in [0.3, 0.4) is 0 Å². The van der Waals surface area contributed by atoms with Crippen molar-refractivity contribution in [1.29, 1.82) is 0 Å². The molecular weight excluding hydrogens is 436 g/mol. The zero-order chi connectivity index (χ0) is 23.4.